The molecule has 1 unspecified atom stereocenters. The molecule has 1 aliphatic rings. The third-order valence-electron chi connectivity index (χ3n) is 4.73. The first-order chi connectivity index (χ1) is 9.92. The summed E-state index contributed by atoms with van der Waals surface area (Å²) in [6.45, 7) is 7.73. The van der Waals surface area contributed by atoms with Gasteiger partial charge in [0.05, 0.1) is 5.02 Å². The zero-order chi connectivity index (χ0) is 15.5. The molecule has 21 heavy (non-hydrogen) atoms. The lowest BCUT2D eigenvalue weighted by Crippen LogP contribution is -2.34. The topological polar surface area (TPSA) is 12.0 Å². The molecule has 0 saturated heterocycles. The largest absolute Gasteiger partial charge is 0.310 e. The van der Waals surface area contributed by atoms with Crippen molar-refractivity contribution in [2.45, 2.75) is 58.9 Å². The predicted octanol–water partition coefficient (Wildman–Crippen LogP) is 5.74. The van der Waals surface area contributed by atoms with Crippen molar-refractivity contribution in [1.29, 1.82) is 0 Å². The van der Waals surface area contributed by atoms with E-state index >= 15 is 0 Å². The van der Waals surface area contributed by atoms with Gasteiger partial charge in [-0.2, -0.15) is 0 Å². The summed E-state index contributed by atoms with van der Waals surface area (Å²) >= 11 is 5.75. The molecule has 0 amide bonds. The summed E-state index contributed by atoms with van der Waals surface area (Å²) < 4.78 is 13.6. The summed E-state index contributed by atoms with van der Waals surface area (Å²) in [6, 6.07) is 5.25. The summed E-state index contributed by atoms with van der Waals surface area (Å²) in [7, 11) is 0. The molecule has 1 atom stereocenters. The average molecular weight is 312 g/mol. The monoisotopic (exact) mass is 311 g/mol. The molecule has 1 aromatic rings. The van der Waals surface area contributed by atoms with Gasteiger partial charge in [-0.15, -0.1) is 0 Å². The van der Waals surface area contributed by atoms with E-state index in [2.05, 4.69) is 26.1 Å². The van der Waals surface area contributed by atoms with Gasteiger partial charge >= 0.3 is 0 Å². The van der Waals surface area contributed by atoms with Crippen LogP contribution in [0.3, 0.4) is 0 Å². The Bertz CT molecular complexity index is 466. The second kappa shape index (κ2) is 7.11. The Kier molecular flexibility index (Phi) is 5.67. The molecule has 0 radical (unpaired) electrons. The van der Waals surface area contributed by atoms with Crippen LogP contribution in [0, 0.1) is 17.2 Å². The lowest BCUT2D eigenvalue weighted by Gasteiger charge is -2.33. The van der Waals surface area contributed by atoms with E-state index in [1.165, 1.54) is 32.1 Å². The van der Waals surface area contributed by atoms with Gasteiger partial charge in [0.25, 0.3) is 0 Å². The van der Waals surface area contributed by atoms with Crippen LogP contribution in [0.25, 0.3) is 0 Å². The van der Waals surface area contributed by atoms with Gasteiger partial charge < -0.3 is 5.32 Å². The lowest BCUT2D eigenvalue weighted by molar-refractivity contribution is 0.217. The number of rotatable bonds is 6. The molecule has 1 aliphatic carbocycles. The summed E-state index contributed by atoms with van der Waals surface area (Å²) in [5.41, 5.74) is 1.41. The molecule has 0 aliphatic heterocycles. The van der Waals surface area contributed by atoms with E-state index < -0.39 is 0 Å². The minimum atomic E-state index is -0.333. The van der Waals surface area contributed by atoms with E-state index in [0.29, 0.717) is 5.41 Å². The van der Waals surface area contributed by atoms with Gasteiger partial charge in [-0.1, -0.05) is 44.4 Å². The van der Waals surface area contributed by atoms with Crippen molar-refractivity contribution in [3.63, 3.8) is 0 Å². The Morgan fingerprint density at radius 2 is 1.90 bits per heavy atom. The SMILES string of the molecule is CC(C)CC1(CNC(C)c2ccc(Cl)c(F)c2)CCCC1. The zero-order valence-electron chi connectivity index (χ0n) is 13.4. The number of halogens is 2. The molecular weight excluding hydrogens is 285 g/mol. The van der Waals surface area contributed by atoms with Crippen molar-refractivity contribution in [2.24, 2.45) is 11.3 Å². The van der Waals surface area contributed by atoms with E-state index in [0.717, 1.165) is 18.0 Å². The first-order valence-corrected chi connectivity index (χ1v) is 8.48. The van der Waals surface area contributed by atoms with Gasteiger partial charge in [0.2, 0.25) is 0 Å². The molecule has 1 N–H and O–H groups in total. The second-order valence-electron chi connectivity index (χ2n) is 7.08. The van der Waals surface area contributed by atoms with Crippen LogP contribution in [0.1, 0.15) is 64.5 Å². The van der Waals surface area contributed by atoms with E-state index in [-0.39, 0.29) is 16.9 Å². The molecule has 2 rings (SSSR count). The summed E-state index contributed by atoms with van der Waals surface area (Å²) in [5, 5.41) is 3.82. The van der Waals surface area contributed by atoms with Crippen LogP contribution in [0.5, 0.6) is 0 Å². The number of benzene rings is 1. The number of nitrogens with one attached hydrogen (secondary N) is 1. The minimum absolute atomic E-state index is 0.154. The molecule has 1 saturated carbocycles. The molecule has 0 spiro atoms. The highest BCUT2D eigenvalue weighted by molar-refractivity contribution is 6.30. The normalized spacial score (nSPS) is 19.1. The maximum absolute atomic E-state index is 13.6. The number of hydrogen-bond donors (Lipinski definition) is 1. The molecule has 1 aromatic carbocycles. The molecule has 0 heterocycles. The fourth-order valence-electron chi connectivity index (χ4n) is 3.71. The predicted molar refractivity (Wildman–Crippen MR) is 88.2 cm³/mol. The van der Waals surface area contributed by atoms with E-state index in [1.54, 1.807) is 12.1 Å². The molecule has 3 heteroatoms. The van der Waals surface area contributed by atoms with E-state index in [9.17, 15) is 4.39 Å². The molecule has 0 aromatic heterocycles. The van der Waals surface area contributed by atoms with Gasteiger partial charge in [0.15, 0.2) is 0 Å². The van der Waals surface area contributed by atoms with Crippen molar-refractivity contribution < 1.29 is 4.39 Å². The number of hydrogen-bond acceptors (Lipinski definition) is 1. The molecule has 118 valence electrons. The van der Waals surface area contributed by atoms with Crippen LogP contribution in [0.4, 0.5) is 4.39 Å². The van der Waals surface area contributed by atoms with E-state index in [4.69, 9.17) is 11.6 Å². The standard InChI is InChI=1S/C18H27ClFN/c1-13(2)11-18(8-4-5-9-18)12-21-14(3)15-6-7-16(19)17(20)10-15/h6-7,10,13-14,21H,4-5,8-9,11-12H2,1-3H3. The van der Waals surface area contributed by atoms with Crippen molar-refractivity contribution >= 4 is 11.6 Å². The lowest BCUT2D eigenvalue weighted by atomic mass is 9.78. The third kappa shape index (κ3) is 4.43. The zero-order valence-corrected chi connectivity index (χ0v) is 14.1. The van der Waals surface area contributed by atoms with Crippen LogP contribution in [0.15, 0.2) is 18.2 Å². The van der Waals surface area contributed by atoms with Gasteiger partial charge in [-0.25, -0.2) is 4.39 Å². The highest BCUT2D eigenvalue weighted by Gasteiger charge is 2.34. The van der Waals surface area contributed by atoms with Gasteiger partial charge in [0.1, 0.15) is 5.82 Å². The first-order valence-electron chi connectivity index (χ1n) is 8.10. The maximum Gasteiger partial charge on any atom is 0.142 e. The van der Waals surface area contributed by atoms with Crippen LogP contribution in [0.2, 0.25) is 5.02 Å². The Morgan fingerprint density at radius 3 is 2.48 bits per heavy atom. The molecule has 0 bridgehead atoms. The Hall–Kier alpha value is -0.600. The van der Waals surface area contributed by atoms with Gasteiger partial charge in [0, 0.05) is 12.6 Å². The van der Waals surface area contributed by atoms with Gasteiger partial charge in [-0.3, -0.25) is 0 Å². The smallest absolute Gasteiger partial charge is 0.142 e. The average Bonchev–Trinajstić information content (AvgIpc) is 2.87. The highest BCUT2D eigenvalue weighted by atomic mass is 35.5. The van der Waals surface area contributed by atoms with Crippen molar-refractivity contribution in [2.75, 3.05) is 6.54 Å². The summed E-state index contributed by atoms with van der Waals surface area (Å²) in [6.07, 6.45) is 6.61. The fraction of sp³-hybridized carbons (Fsp3) is 0.667. The quantitative estimate of drug-likeness (QED) is 0.706. The first kappa shape index (κ1) is 16.8. The van der Waals surface area contributed by atoms with Crippen molar-refractivity contribution in [3.8, 4) is 0 Å². The minimum Gasteiger partial charge on any atom is -0.310 e. The molecule has 1 nitrogen and oxygen atoms in total. The van der Waals surface area contributed by atoms with Crippen LogP contribution in [-0.2, 0) is 0 Å². The summed E-state index contributed by atoms with van der Waals surface area (Å²) in [5.74, 6) is 0.397. The van der Waals surface area contributed by atoms with Crippen molar-refractivity contribution in [3.05, 3.63) is 34.6 Å². The van der Waals surface area contributed by atoms with Gasteiger partial charge in [-0.05, 0) is 55.2 Å². The van der Waals surface area contributed by atoms with Crippen LogP contribution < -0.4 is 5.32 Å². The highest BCUT2D eigenvalue weighted by Crippen LogP contribution is 2.43. The van der Waals surface area contributed by atoms with Crippen LogP contribution in [-0.4, -0.2) is 6.54 Å². The second-order valence-corrected chi connectivity index (χ2v) is 7.49. The Labute approximate surface area is 133 Å². The molecule has 1 fully saturated rings. The van der Waals surface area contributed by atoms with Crippen LogP contribution >= 0.6 is 11.6 Å². The summed E-state index contributed by atoms with van der Waals surface area (Å²) in [4.78, 5) is 0. The van der Waals surface area contributed by atoms with E-state index in [1.807, 2.05) is 6.07 Å². The Balaban J connectivity index is 1.98. The maximum atomic E-state index is 13.6. The molecular formula is C18H27ClFN. The third-order valence-corrected chi connectivity index (χ3v) is 5.04. The Morgan fingerprint density at radius 1 is 1.24 bits per heavy atom. The fourth-order valence-corrected chi connectivity index (χ4v) is 3.83. The van der Waals surface area contributed by atoms with Crippen molar-refractivity contribution in [1.82, 2.24) is 5.32 Å².